The van der Waals surface area contributed by atoms with Gasteiger partial charge in [-0.25, -0.2) is 9.97 Å². The average Bonchev–Trinajstić information content (AvgIpc) is 3.21. The Labute approximate surface area is 176 Å². The van der Waals surface area contributed by atoms with Crippen molar-refractivity contribution >= 4 is 17.4 Å². The molecule has 1 fully saturated rings. The van der Waals surface area contributed by atoms with E-state index in [2.05, 4.69) is 53.0 Å². The van der Waals surface area contributed by atoms with Gasteiger partial charge in [0.2, 0.25) is 11.9 Å². The topological polar surface area (TPSA) is 67.2 Å². The van der Waals surface area contributed by atoms with Gasteiger partial charge in [0.1, 0.15) is 17.6 Å². The maximum atomic E-state index is 13.0. The van der Waals surface area contributed by atoms with Crippen molar-refractivity contribution in [3.8, 4) is 17.3 Å². The van der Waals surface area contributed by atoms with Crippen molar-refractivity contribution in [3.05, 3.63) is 48.4 Å². The van der Waals surface area contributed by atoms with Crippen LogP contribution in [0.4, 0.5) is 11.5 Å². The number of carbonyl (C=O) groups excluding carboxylic acids is 1. The normalized spacial score (nSPS) is 19.0. The van der Waals surface area contributed by atoms with E-state index in [0.29, 0.717) is 12.0 Å². The standard InChI is InChI=1S/C23H26N6O/c1-4-18-22(30)27(3)19-14-25-23(26-21(19)29(18)17-6-5-7-17)28-13-12-24-20(28)16-10-8-15(2)9-11-16/h8-14,17-18H,4-7H2,1-3H3/t18-/m1/s1. The largest absolute Gasteiger partial charge is 0.340 e. The van der Waals surface area contributed by atoms with Crippen LogP contribution < -0.4 is 9.80 Å². The van der Waals surface area contributed by atoms with Gasteiger partial charge in [-0.1, -0.05) is 36.8 Å². The number of aromatic nitrogens is 4. The van der Waals surface area contributed by atoms with Crippen LogP contribution in [0.5, 0.6) is 0 Å². The number of fused-ring (bicyclic) bond motifs is 1. The van der Waals surface area contributed by atoms with Crippen molar-refractivity contribution in [1.82, 2.24) is 19.5 Å². The predicted molar refractivity (Wildman–Crippen MR) is 117 cm³/mol. The van der Waals surface area contributed by atoms with E-state index in [1.165, 1.54) is 12.0 Å². The molecule has 0 saturated heterocycles. The minimum atomic E-state index is -0.171. The van der Waals surface area contributed by atoms with E-state index in [9.17, 15) is 4.79 Å². The number of hydrogen-bond acceptors (Lipinski definition) is 5. The molecule has 1 amide bonds. The fraction of sp³-hybridized carbons (Fsp3) is 0.391. The molecule has 7 heteroatoms. The van der Waals surface area contributed by atoms with Crippen LogP contribution in [0.3, 0.4) is 0 Å². The lowest BCUT2D eigenvalue weighted by Gasteiger charge is -2.47. The Morgan fingerprint density at radius 2 is 1.90 bits per heavy atom. The van der Waals surface area contributed by atoms with Gasteiger partial charge in [0.05, 0.1) is 6.20 Å². The molecule has 0 spiro atoms. The number of aryl methyl sites for hydroxylation is 1. The molecule has 1 aliphatic carbocycles. The summed E-state index contributed by atoms with van der Waals surface area (Å²) in [6, 6.07) is 8.47. The second kappa shape index (κ2) is 7.23. The first-order chi connectivity index (χ1) is 14.6. The van der Waals surface area contributed by atoms with Gasteiger partial charge in [0.15, 0.2) is 5.82 Å². The van der Waals surface area contributed by atoms with Gasteiger partial charge in [-0.3, -0.25) is 9.36 Å². The highest BCUT2D eigenvalue weighted by Gasteiger charge is 2.42. The minimum absolute atomic E-state index is 0.122. The van der Waals surface area contributed by atoms with Crippen LogP contribution in [0.1, 0.15) is 38.2 Å². The van der Waals surface area contributed by atoms with Crippen molar-refractivity contribution in [2.75, 3.05) is 16.8 Å². The Morgan fingerprint density at radius 3 is 2.57 bits per heavy atom. The van der Waals surface area contributed by atoms with Crippen molar-refractivity contribution in [3.63, 3.8) is 0 Å². The van der Waals surface area contributed by atoms with Crippen molar-refractivity contribution < 1.29 is 4.79 Å². The number of carbonyl (C=O) groups is 1. The summed E-state index contributed by atoms with van der Waals surface area (Å²) in [5.74, 6) is 2.35. The third-order valence-corrected chi connectivity index (χ3v) is 6.32. The number of likely N-dealkylation sites (N-methyl/N-ethyl adjacent to an activating group) is 1. The highest BCUT2D eigenvalue weighted by molar-refractivity contribution is 6.04. The van der Waals surface area contributed by atoms with E-state index in [1.807, 2.05) is 17.8 Å². The zero-order valence-corrected chi connectivity index (χ0v) is 17.6. The number of benzene rings is 1. The molecule has 2 aromatic heterocycles. The molecule has 30 heavy (non-hydrogen) atoms. The molecule has 7 nitrogen and oxygen atoms in total. The fourth-order valence-corrected chi connectivity index (χ4v) is 4.35. The highest BCUT2D eigenvalue weighted by Crippen LogP contribution is 2.40. The maximum Gasteiger partial charge on any atom is 0.249 e. The number of rotatable bonds is 4. The number of imidazole rings is 1. The van der Waals surface area contributed by atoms with E-state index < -0.39 is 0 Å². The third kappa shape index (κ3) is 2.88. The minimum Gasteiger partial charge on any atom is -0.340 e. The predicted octanol–water partition coefficient (Wildman–Crippen LogP) is 3.75. The van der Waals surface area contributed by atoms with E-state index in [-0.39, 0.29) is 11.9 Å². The Kier molecular flexibility index (Phi) is 4.53. The molecule has 154 valence electrons. The Hall–Kier alpha value is -3.22. The lowest BCUT2D eigenvalue weighted by molar-refractivity contribution is -0.120. The first kappa shape index (κ1) is 18.8. The molecule has 0 N–H and O–H groups in total. The molecule has 1 aliphatic heterocycles. The van der Waals surface area contributed by atoms with Gasteiger partial charge in [-0.15, -0.1) is 0 Å². The number of hydrogen-bond donors (Lipinski definition) is 0. The Balaban J connectivity index is 1.61. The molecule has 0 radical (unpaired) electrons. The molecule has 1 aromatic carbocycles. The summed E-state index contributed by atoms with van der Waals surface area (Å²) in [6.07, 6.45) is 9.60. The Bertz CT molecular complexity index is 1090. The monoisotopic (exact) mass is 402 g/mol. The van der Waals surface area contributed by atoms with Crippen molar-refractivity contribution in [2.45, 2.75) is 51.6 Å². The number of anilines is 2. The van der Waals surface area contributed by atoms with E-state index >= 15 is 0 Å². The number of amides is 1. The molecule has 5 rings (SSSR count). The molecule has 2 aliphatic rings. The molecule has 1 saturated carbocycles. The van der Waals surface area contributed by atoms with Gasteiger partial charge in [0.25, 0.3) is 0 Å². The van der Waals surface area contributed by atoms with Gasteiger partial charge in [-0.05, 0) is 32.6 Å². The third-order valence-electron chi connectivity index (χ3n) is 6.32. The quantitative estimate of drug-likeness (QED) is 0.665. The lowest BCUT2D eigenvalue weighted by Crippen LogP contribution is -2.57. The first-order valence-electron chi connectivity index (χ1n) is 10.6. The summed E-state index contributed by atoms with van der Waals surface area (Å²) < 4.78 is 1.92. The lowest BCUT2D eigenvalue weighted by atomic mass is 9.88. The smallest absolute Gasteiger partial charge is 0.249 e. The zero-order chi connectivity index (χ0) is 20.8. The molecule has 0 bridgehead atoms. The van der Waals surface area contributed by atoms with Gasteiger partial charge >= 0.3 is 0 Å². The molecular weight excluding hydrogens is 376 g/mol. The molecular formula is C23H26N6O. The van der Waals surface area contributed by atoms with Gasteiger partial charge in [0, 0.05) is 31.0 Å². The van der Waals surface area contributed by atoms with Crippen LogP contribution in [0, 0.1) is 6.92 Å². The molecule has 3 aromatic rings. The molecule has 1 atom stereocenters. The zero-order valence-electron chi connectivity index (χ0n) is 17.6. The summed E-state index contributed by atoms with van der Waals surface area (Å²) in [5, 5.41) is 0. The first-order valence-corrected chi connectivity index (χ1v) is 10.6. The van der Waals surface area contributed by atoms with E-state index in [4.69, 9.17) is 4.98 Å². The van der Waals surface area contributed by atoms with Crippen LogP contribution in [0.25, 0.3) is 17.3 Å². The summed E-state index contributed by atoms with van der Waals surface area (Å²) in [7, 11) is 1.82. The SMILES string of the molecule is CC[C@@H]1C(=O)N(C)c2cnc(-n3ccnc3-c3ccc(C)cc3)nc2N1C1CCC1. The van der Waals surface area contributed by atoms with Gasteiger partial charge in [-0.2, -0.15) is 4.98 Å². The maximum absolute atomic E-state index is 13.0. The summed E-state index contributed by atoms with van der Waals surface area (Å²) in [5.41, 5.74) is 3.00. The van der Waals surface area contributed by atoms with E-state index in [0.717, 1.165) is 42.2 Å². The second-order valence-electron chi connectivity index (χ2n) is 8.18. The summed E-state index contributed by atoms with van der Waals surface area (Å²) in [4.78, 5) is 31.0. The van der Waals surface area contributed by atoms with Crippen LogP contribution in [0.2, 0.25) is 0 Å². The second-order valence-corrected chi connectivity index (χ2v) is 8.18. The van der Waals surface area contributed by atoms with Crippen LogP contribution in [-0.2, 0) is 4.79 Å². The number of nitrogens with zero attached hydrogens (tertiary/aromatic N) is 6. The van der Waals surface area contributed by atoms with Gasteiger partial charge < -0.3 is 9.80 Å². The van der Waals surface area contributed by atoms with Crippen LogP contribution in [-0.4, -0.2) is 44.6 Å². The van der Waals surface area contributed by atoms with Crippen LogP contribution >= 0.6 is 0 Å². The average molecular weight is 403 g/mol. The summed E-state index contributed by atoms with van der Waals surface area (Å²) >= 11 is 0. The Morgan fingerprint density at radius 1 is 1.13 bits per heavy atom. The summed E-state index contributed by atoms with van der Waals surface area (Å²) in [6.45, 7) is 4.14. The van der Waals surface area contributed by atoms with E-state index in [1.54, 1.807) is 17.3 Å². The van der Waals surface area contributed by atoms with Crippen LogP contribution in [0.15, 0.2) is 42.9 Å². The van der Waals surface area contributed by atoms with Crippen molar-refractivity contribution in [2.24, 2.45) is 0 Å². The van der Waals surface area contributed by atoms with Crippen molar-refractivity contribution in [1.29, 1.82) is 0 Å². The molecule has 3 heterocycles. The highest BCUT2D eigenvalue weighted by atomic mass is 16.2. The molecule has 0 unspecified atom stereocenters. The fourth-order valence-electron chi connectivity index (χ4n) is 4.35.